The molecule has 2 rings (SSSR count). The molecule has 3 heteroatoms. The number of rotatable bonds is 1. The minimum atomic E-state index is -0.970. The van der Waals surface area contributed by atoms with Gasteiger partial charge in [0.15, 0.2) is 0 Å². The Morgan fingerprint density at radius 1 is 1.40 bits per heavy atom. The van der Waals surface area contributed by atoms with Crippen LogP contribution in [0, 0.1) is 5.41 Å². The van der Waals surface area contributed by atoms with Gasteiger partial charge in [0.25, 0.3) is 0 Å². The molecule has 0 amide bonds. The Morgan fingerprint density at radius 2 is 2.20 bits per heavy atom. The Morgan fingerprint density at radius 3 is 2.73 bits per heavy atom. The second-order valence-corrected chi connectivity index (χ2v) is 4.56. The van der Waals surface area contributed by atoms with Crippen LogP contribution in [0.4, 0.5) is 0 Å². The molecule has 0 bridgehead atoms. The van der Waals surface area contributed by atoms with Crippen molar-refractivity contribution in [3.63, 3.8) is 0 Å². The molecule has 0 radical (unpaired) electrons. The molecule has 0 aromatic rings. The van der Waals surface area contributed by atoms with Crippen molar-refractivity contribution in [2.75, 3.05) is 0 Å². The van der Waals surface area contributed by atoms with Gasteiger partial charge >= 0.3 is 5.97 Å². The van der Waals surface area contributed by atoms with Crippen LogP contribution < -0.4 is 0 Å². The topological polar surface area (TPSA) is 57.5 Å². The molecular formula is C12H16O3. The summed E-state index contributed by atoms with van der Waals surface area (Å²) in [6, 6.07) is 0. The Hall–Kier alpha value is -1.25. The van der Waals surface area contributed by atoms with Gasteiger partial charge in [0.1, 0.15) is 5.76 Å². The second-order valence-electron chi connectivity index (χ2n) is 4.56. The van der Waals surface area contributed by atoms with Crippen LogP contribution in [0.3, 0.4) is 0 Å². The largest absolute Gasteiger partial charge is 0.512 e. The number of carbonyl (C=O) groups is 1. The van der Waals surface area contributed by atoms with E-state index in [1.54, 1.807) is 0 Å². The first kappa shape index (κ1) is 10.3. The molecular weight excluding hydrogens is 192 g/mol. The maximum atomic E-state index is 10.8. The minimum absolute atomic E-state index is 0.0429. The van der Waals surface area contributed by atoms with Gasteiger partial charge in [0, 0.05) is 6.42 Å². The van der Waals surface area contributed by atoms with E-state index in [0.717, 1.165) is 25.7 Å². The maximum Gasteiger partial charge on any atom is 0.334 e. The molecule has 1 atom stereocenters. The van der Waals surface area contributed by atoms with Gasteiger partial charge in [-0.1, -0.05) is 12.2 Å². The van der Waals surface area contributed by atoms with E-state index >= 15 is 0 Å². The van der Waals surface area contributed by atoms with Gasteiger partial charge in [-0.15, -0.1) is 0 Å². The number of hydrogen-bond acceptors (Lipinski definition) is 2. The molecule has 2 N–H and O–H groups in total. The van der Waals surface area contributed by atoms with E-state index in [4.69, 9.17) is 5.11 Å². The summed E-state index contributed by atoms with van der Waals surface area (Å²) in [7, 11) is 0. The number of hydrogen-bond donors (Lipinski definition) is 2. The first-order chi connectivity index (χ1) is 7.13. The highest BCUT2D eigenvalue weighted by Crippen LogP contribution is 2.45. The number of aliphatic hydroxyl groups excluding tert-OH is 1. The van der Waals surface area contributed by atoms with Gasteiger partial charge in [-0.2, -0.15) is 0 Å². The smallest absolute Gasteiger partial charge is 0.334 e. The molecule has 0 aromatic heterocycles. The monoisotopic (exact) mass is 208 g/mol. The van der Waals surface area contributed by atoms with Crippen LogP contribution in [0.5, 0.6) is 0 Å². The Kier molecular flexibility index (Phi) is 2.55. The lowest BCUT2D eigenvalue weighted by Crippen LogP contribution is -2.27. The highest BCUT2D eigenvalue weighted by atomic mass is 16.4. The lowest BCUT2D eigenvalue weighted by atomic mass is 9.69. The highest BCUT2D eigenvalue weighted by molar-refractivity contribution is 5.87. The molecule has 2 aliphatic rings. The van der Waals surface area contributed by atoms with Crippen molar-refractivity contribution in [3.8, 4) is 0 Å². The van der Waals surface area contributed by atoms with Crippen LogP contribution in [-0.4, -0.2) is 16.2 Å². The molecule has 0 heterocycles. The fourth-order valence-corrected chi connectivity index (χ4v) is 2.62. The summed E-state index contributed by atoms with van der Waals surface area (Å²) in [5.74, 6) is -0.887. The summed E-state index contributed by atoms with van der Waals surface area (Å²) in [5, 5.41) is 18.6. The van der Waals surface area contributed by atoms with E-state index in [1.165, 1.54) is 0 Å². The Balaban J connectivity index is 2.21. The van der Waals surface area contributed by atoms with Crippen LogP contribution in [0.15, 0.2) is 23.5 Å². The third-order valence-corrected chi connectivity index (χ3v) is 3.52. The van der Waals surface area contributed by atoms with E-state index in [2.05, 4.69) is 12.2 Å². The van der Waals surface area contributed by atoms with Crippen LogP contribution in [-0.2, 0) is 4.79 Å². The Labute approximate surface area is 89.1 Å². The van der Waals surface area contributed by atoms with Crippen molar-refractivity contribution in [2.24, 2.45) is 5.41 Å². The summed E-state index contributed by atoms with van der Waals surface area (Å²) in [6.07, 6.45) is 9.50. The molecule has 0 aromatic carbocycles. The number of carboxylic acid groups (broad SMARTS) is 1. The van der Waals surface area contributed by atoms with Crippen molar-refractivity contribution in [1.29, 1.82) is 0 Å². The zero-order valence-corrected chi connectivity index (χ0v) is 8.70. The number of aliphatic carboxylic acids is 1. The zero-order valence-electron chi connectivity index (χ0n) is 8.70. The van der Waals surface area contributed by atoms with Crippen LogP contribution in [0.25, 0.3) is 0 Å². The molecule has 2 aliphatic carbocycles. The fourth-order valence-electron chi connectivity index (χ4n) is 2.62. The second kappa shape index (κ2) is 3.72. The maximum absolute atomic E-state index is 10.8. The van der Waals surface area contributed by atoms with E-state index in [-0.39, 0.29) is 16.7 Å². The SMILES string of the molecule is O=C(O)C1=C(O)CC2(C=CCCC2)CC1. The van der Waals surface area contributed by atoms with Crippen LogP contribution in [0.2, 0.25) is 0 Å². The Bertz CT molecular complexity index is 341. The number of carboxylic acids is 1. The normalized spacial score (nSPS) is 30.9. The summed E-state index contributed by atoms with van der Waals surface area (Å²) in [5.41, 5.74) is 0.251. The van der Waals surface area contributed by atoms with Gasteiger partial charge in [-0.05, 0) is 37.5 Å². The van der Waals surface area contributed by atoms with Gasteiger partial charge in [-0.25, -0.2) is 4.79 Å². The van der Waals surface area contributed by atoms with Crippen molar-refractivity contribution in [1.82, 2.24) is 0 Å². The lowest BCUT2D eigenvalue weighted by Gasteiger charge is -2.36. The summed E-state index contributed by atoms with van der Waals surface area (Å²) in [6.45, 7) is 0. The molecule has 0 saturated carbocycles. The van der Waals surface area contributed by atoms with Crippen molar-refractivity contribution in [2.45, 2.75) is 38.5 Å². The van der Waals surface area contributed by atoms with Gasteiger partial charge in [0.2, 0.25) is 0 Å². The van der Waals surface area contributed by atoms with E-state index < -0.39 is 5.97 Å². The standard InChI is InChI=1S/C12H16O3/c13-10-8-12(5-2-1-3-6-12)7-4-9(10)11(14)15/h2,5,13H,1,3-4,6-8H2,(H,14,15). The molecule has 3 nitrogen and oxygen atoms in total. The summed E-state index contributed by atoms with van der Waals surface area (Å²) < 4.78 is 0. The molecule has 0 saturated heterocycles. The van der Waals surface area contributed by atoms with Crippen LogP contribution >= 0.6 is 0 Å². The predicted molar refractivity (Wildman–Crippen MR) is 56.6 cm³/mol. The van der Waals surface area contributed by atoms with Crippen molar-refractivity contribution in [3.05, 3.63) is 23.5 Å². The predicted octanol–water partition coefficient (Wildman–Crippen LogP) is 2.79. The summed E-state index contributed by atoms with van der Waals surface area (Å²) in [4.78, 5) is 10.8. The van der Waals surface area contributed by atoms with Crippen molar-refractivity contribution >= 4 is 5.97 Å². The molecule has 15 heavy (non-hydrogen) atoms. The molecule has 1 spiro atoms. The van der Waals surface area contributed by atoms with E-state index in [0.29, 0.717) is 12.8 Å². The van der Waals surface area contributed by atoms with Crippen molar-refractivity contribution < 1.29 is 15.0 Å². The lowest BCUT2D eigenvalue weighted by molar-refractivity contribution is -0.133. The summed E-state index contributed by atoms with van der Waals surface area (Å²) >= 11 is 0. The average molecular weight is 208 g/mol. The number of aliphatic hydroxyl groups is 1. The zero-order chi connectivity index (χ0) is 10.9. The highest BCUT2D eigenvalue weighted by Gasteiger charge is 2.35. The van der Waals surface area contributed by atoms with Gasteiger partial charge in [-0.3, -0.25) is 0 Å². The van der Waals surface area contributed by atoms with Crippen LogP contribution in [0.1, 0.15) is 38.5 Å². The van der Waals surface area contributed by atoms with Gasteiger partial charge in [0.05, 0.1) is 5.57 Å². The molecule has 1 unspecified atom stereocenters. The molecule has 82 valence electrons. The third-order valence-electron chi connectivity index (χ3n) is 3.52. The average Bonchev–Trinajstić information content (AvgIpc) is 2.18. The van der Waals surface area contributed by atoms with E-state index in [9.17, 15) is 9.90 Å². The third kappa shape index (κ3) is 1.91. The fraction of sp³-hybridized carbons (Fsp3) is 0.583. The molecule has 0 fully saturated rings. The molecule has 0 aliphatic heterocycles. The minimum Gasteiger partial charge on any atom is -0.512 e. The first-order valence-electron chi connectivity index (χ1n) is 5.45. The number of allylic oxidation sites excluding steroid dienone is 3. The van der Waals surface area contributed by atoms with E-state index in [1.807, 2.05) is 0 Å². The quantitative estimate of drug-likeness (QED) is 0.651. The first-order valence-corrected chi connectivity index (χ1v) is 5.45. The van der Waals surface area contributed by atoms with Gasteiger partial charge < -0.3 is 10.2 Å².